The van der Waals surface area contributed by atoms with Gasteiger partial charge >= 0.3 is 6.18 Å². The molecule has 6 rings (SSSR count). The first-order valence-corrected chi connectivity index (χ1v) is 11.2. The molecule has 2 aliphatic heterocycles. The second kappa shape index (κ2) is 6.85. The third-order valence-electron chi connectivity index (χ3n) is 5.59. The Kier molecular flexibility index (Phi) is 4.25. The van der Waals surface area contributed by atoms with Crippen molar-refractivity contribution in [2.75, 3.05) is 0 Å². The molecule has 3 heterocycles. The highest BCUT2D eigenvalue weighted by molar-refractivity contribution is 7.21. The molecule has 1 N–H and O–H groups in total. The second-order valence-corrected chi connectivity index (χ2v) is 9.40. The molecule has 0 bridgehead atoms. The Balaban J connectivity index is 1.80. The van der Waals surface area contributed by atoms with E-state index in [9.17, 15) is 13.2 Å². The Morgan fingerprint density at radius 3 is 2.22 bits per heavy atom. The summed E-state index contributed by atoms with van der Waals surface area (Å²) in [5.74, 6) is 0. The maximum Gasteiger partial charge on any atom is 0.416 e. The Labute approximate surface area is 193 Å². The van der Waals surface area contributed by atoms with E-state index < -0.39 is 11.7 Å². The third kappa shape index (κ3) is 2.98. The van der Waals surface area contributed by atoms with Gasteiger partial charge in [0.1, 0.15) is 9.84 Å². The van der Waals surface area contributed by atoms with Gasteiger partial charge in [-0.15, -0.1) is 0 Å². The molecule has 158 valence electrons. The molecule has 0 unspecified atom stereocenters. The molecule has 1 aromatic heterocycles. The predicted octanol–water partition coefficient (Wildman–Crippen LogP) is 9.03. The number of hydrogen-bond acceptors (Lipinski definition) is 2. The van der Waals surface area contributed by atoms with Crippen LogP contribution in [0.1, 0.15) is 5.56 Å². The van der Waals surface area contributed by atoms with Gasteiger partial charge < -0.3 is 4.98 Å². The smallest absolute Gasteiger partial charge is 0.346 e. The van der Waals surface area contributed by atoms with Crippen molar-refractivity contribution in [3.05, 3.63) is 76.3 Å². The highest BCUT2D eigenvalue weighted by atomic mass is 35.5. The van der Waals surface area contributed by atoms with Crippen LogP contribution in [0, 0.1) is 0 Å². The summed E-state index contributed by atoms with van der Waals surface area (Å²) in [5, 5.41) is 4.58. The number of hydrogen-bond donors (Lipinski definition) is 1. The summed E-state index contributed by atoms with van der Waals surface area (Å²) in [4.78, 5) is 9.06. The van der Waals surface area contributed by atoms with Gasteiger partial charge in [0.2, 0.25) is 0 Å². The van der Waals surface area contributed by atoms with Crippen LogP contribution in [-0.4, -0.2) is 9.97 Å². The number of alkyl halides is 3. The van der Waals surface area contributed by atoms with Crippen molar-refractivity contribution >= 4 is 66.6 Å². The first kappa shape index (κ1) is 19.9. The van der Waals surface area contributed by atoms with Crippen molar-refractivity contribution in [2.24, 2.45) is 0 Å². The van der Waals surface area contributed by atoms with E-state index in [1.165, 1.54) is 23.5 Å². The minimum absolute atomic E-state index is 0.567. The summed E-state index contributed by atoms with van der Waals surface area (Å²) in [6.45, 7) is 0. The average molecular weight is 487 g/mol. The zero-order valence-electron chi connectivity index (χ0n) is 16.0. The molecule has 0 saturated carbocycles. The highest BCUT2D eigenvalue weighted by Gasteiger charge is 2.31. The topological polar surface area (TPSA) is 28.7 Å². The minimum atomic E-state index is -4.40. The lowest BCUT2D eigenvalue weighted by Gasteiger charge is -2.13. The number of fused-ring (bicyclic) bond motifs is 6. The Morgan fingerprint density at radius 2 is 1.50 bits per heavy atom. The predicted molar refractivity (Wildman–Crippen MR) is 126 cm³/mol. The van der Waals surface area contributed by atoms with E-state index in [1.54, 1.807) is 12.1 Å². The molecule has 8 heteroatoms. The minimum Gasteiger partial charge on any atom is -0.346 e. The van der Waals surface area contributed by atoms with E-state index in [4.69, 9.17) is 28.2 Å². The molecule has 0 atom stereocenters. The van der Waals surface area contributed by atoms with E-state index in [0.717, 1.165) is 60.3 Å². The number of aromatic nitrogens is 2. The number of H-pyrrole nitrogens is 1. The molecule has 3 aromatic carbocycles. The summed E-state index contributed by atoms with van der Waals surface area (Å²) < 4.78 is 39.6. The molecule has 0 amide bonds. The van der Waals surface area contributed by atoms with Gasteiger partial charge in [-0.2, -0.15) is 13.2 Å². The maximum absolute atomic E-state index is 13.2. The maximum atomic E-state index is 13.2. The standard InChI is InChI=1S/C24H11Cl2F3N2S/c25-13-5-7-17-15(9-13)20-19(11-1-3-12(4-2-11)24(27,28)29)21-16-10-14(26)6-8-18(16)31-23(21)32-22(20)30-17/h1-10,30H. The highest BCUT2D eigenvalue weighted by Crippen LogP contribution is 2.49. The number of aromatic amines is 1. The lowest BCUT2D eigenvalue weighted by atomic mass is 9.95. The molecular formula is C24H11Cl2F3N2S. The van der Waals surface area contributed by atoms with E-state index in [2.05, 4.69) is 4.98 Å². The van der Waals surface area contributed by atoms with Crippen molar-refractivity contribution in [1.82, 2.24) is 9.97 Å². The summed E-state index contributed by atoms with van der Waals surface area (Å²) in [6, 6.07) is 16.3. The lowest BCUT2D eigenvalue weighted by molar-refractivity contribution is -0.137. The number of nitrogens with zero attached hydrogens (tertiary/aromatic N) is 1. The lowest BCUT2D eigenvalue weighted by Crippen LogP contribution is -2.04. The van der Waals surface area contributed by atoms with Crippen LogP contribution in [0.25, 0.3) is 53.7 Å². The van der Waals surface area contributed by atoms with Crippen LogP contribution in [0.4, 0.5) is 13.2 Å². The Bertz CT molecular complexity index is 1630. The summed E-state index contributed by atoms with van der Waals surface area (Å²) in [6.07, 6.45) is -4.40. The molecule has 2 nitrogen and oxygen atoms in total. The normalized spacial score (nSPS) is 12.5. The van der Waals surface area contributed by atoms with Crippen LogP contribution in [0.15, 0.2) is 60.7 Å². The zero-order valence-corrected chi connectivity index (χ0v) is 18.3. The fourth-order valence-electron chi connectivity index (χ4n) is 4.20. The van der Waals surface area contributed by atoms with E-state index in [-0.39, 0.29) is 0 Å². The van der Waals surface area contributed by atoms with E-state index >= 15 is 0 Å². The van der Waals surface area contributed by atoms with Gasteiger partial charge in [-0.05, 0) is 54.1 Å². The SMILES string of the molecule is FC(F)(F)c1ccc(-c2c3c4cc(Cl)ccc4nc-3sc3[nH]c4ccc(Cl)cc4c23)cc1. The molecule has 0 fully saturated rings. The van der Waals surface area contributed by atoms with Crippen LogP contribution >= 0.6 is 34.5 Å². The molecule has 0 spiro atoms. The van der Waals surface area contributed by atoms with Gasteiger partial charge in [0, 0.05) is 42.8 Å². The third-order valence-corrected chi connectivity index (χ3v) is 7.06. The van der Waals surface area contributed by atoms with Crippen LogP contribution < -0.4 is 0 Å². The Hall–Kier alpha value is -2.80. The average Bonchev–Trinajstić information content (AvgIpc) is 3.29. The molecule has 0 aliphatic carbocycles. The Morgan fingerprint density at radius 1 is 0.812 bits per heavy atom. The number of benzene rings is 3. The zero-order chi connectivity index (χ0) is 22.2. The second-order valence-electron chi connectivity index (χ2n) is 7.52. The first-order chi connectivity index (χ1) is 15.3. The van der Waals surface area contributed by atoms with Gasteiger partial charge in [-0.25, -0.2) is 4.98 Å². The molecular weight excluding hydrogens is 476 g/mol. The molecule has 2 aliphatic rings. The quantitative estimate of drug-likeness (QED) is 0.246. The van der Waals surface area contributed by atoms with Crippen molar-refractivity contribution in [3.63, 3.8) is 0 Å². The fraction of sp³-hybridized carbons (Fsp3) is 0.0417. The first-order valence-electron chi connectivity index (χ1n) is 9.60. The number of halogens is 5. The van der Waals surface area contributed by atoms with Crippen molar-refractivity contribution < 1.29 is 13.2 Å². The van der Waals surface area contributed by atoms with Crippen LogP contribution in [-0.2, 0) is 6.18 Å². The summed E-state index contributed by atoms with van der Waals surface area (Å²) in [5.41, 5.74) is 3.31. The van der Waals surface area contributed by atoms with Gasteiger partial charge in [0.25, 0.3) is 0 Å². The van der Waals surface area contributed by atoms with Crippen LogP contribution in [0.5, 0.6) is 0 Å². The monoisotopic (exact) mass is 486 g/mol. The van der Waals surface area contributed by atoms with Gasteiger partial charge in [-0.3, -0.25) is 0 Å². The van der Waals surface area contributed by atoms with E-state index in [0.29, 0.717) is 15.6 Å². The molecule has 0 radical (unpaired) electrons. The fourth-order valence-corrected chi connectivity index (χ4v) is 5.67. The van der Waals surface area contributed by atoms with Crippen LogP contribution in [0.3, 0.4) is 0 Å². The van der Waals surface area contributed by atoms with Crippen LogP contribution in [0.2, 0.25) is 10.0 Å². The summed E-state index contributed by atoms with van der Waals surface area (Å²) in [7, 11) is 0. The molecule has 32 heavy (non-hydrogen) atoms. The van der Waals surface area contributed by atoms with Crippen molar-refractivity contribution in [3.8, 4) is 21.7 Å². The van der Waals surface area contributed by atoms with Crippen molar-refractivity contribution in [1.29, 1.82) is 0 Å². The summed E-state index contributed by atoms with van der Waals surface area (Å²) >= 11 is 14.1. The molecule has 4 aromatic rings. The largest absolute Gasteiger partial charge is 0.416 e. The van der Waals surface area contributed by atoms with E-state index in [1.807, 2.05) is 24.3 Å². The number of rotatable bonds is 1. The van der Waals surface area contributed by atoms with Gasteiger partial charge in [0.15, 0.2) is 0 Å². The molecule has 0 saturated heterocycles. The van der Waals surface area contributed by atoms with Crippen molar-refractivity contribution in [2.45, 2.75) is 6.18 Å². The van der Waals surface area contributed by atoms with Gasteiger partial charge in [0.05, 0.1) is 11.1 Å². The van der Waals surface area contributed by atoms with Gasteiger partial charge in [-0.1, -0.05) is 46.7 Å². The number of nitrogens with one attached hydrogen (secondary N) is 1.